The summed E-state index contributed by atoms with van der Waals surface area (Å²) < 4.78 is 1.88. The van der Waals surface area contributed by atoms with E-state index in [2.05, 4.69) is 25.6 Å². The van der Waals surface area contributed by atoms with Gasteiger partial charge in [0, 0.05) is 31.2 Å². The lowest BCUT2D eigenvalue weighted by Crippen LogP contribution is -2.33. The van der Waals surface area contributed by atoms with Crippen molar-refractivity contribution in [3.8, 4) is 5.75 Å². The second kappa shape index (κ2) is 7.63. The standard InChI is InChI=1S/C20H27N7O/c1-12-4-3-5-13(17(12)28)10-22-18-16-19(27(2)11-23-16)26-20(25-18)24-15-8-6-14(21)7-9-15/h3-5,11,14-15,28H,6-10,21H2,1-2H3,(H2,22,24,25,26). The molecule has 1 saturated carbocycles. The number of hydrogen-bond donors (Lipinski definition) is 4. The van der Waals surface area contributed by atoms with Crippen LogP contribution in [0.1, 0.15) is 36.8 Å². The number of benzene rings is 1. The number of rotatable bonds is 5. The van der Waals surface area contributed by atoms with Gasteiger partial charge in [-0.15, -0.1) is 0 Å². The van der Waals surface area contributed by atoms with Crippen molar-refractivity contribution in [2.45, 2.75) is 51.2 Å². The molecule has 8 heteroatoms. The molecular formula is C20H27N7O. The number of phenols is 1. The van der Waals surface area contributed by atoms with Crippen molar-refractivity contribution >= 4 is 22.9 Å². The van der Waals surface area contributed by atoms with Crippen LogP contribution in [0.5, 0.6) is 5.75 Å². The Kier molecular flexibility index (Phi) is 5.04. The van der Waals surface area contributed by atoms with Gasteiger partial charge in [0.15, 0.2) is 17.0 Å². The number of hydrogen-bond acceptors (Lipinski definition) is 7. The minimum Gasteiger partial charge on any atom is -0.507 e. The molecular weight excluding hydrogens is 354 g/mol. The summed E-state index contributed by atoms with van der Waals surface area (Å²) in [5.74, 6) is 1.55. The van der Waals surface area contributed by atoms with E-state index in [4.69, 9.17) is 5.73 Å². The summed E-state index contributed by atoms with van der Waals surface area (Å²) in [4.78, 5) is 13.8. The number of anilines is 2. The fourth-order valence-electron chi connectivity index (χ4n) is 3.68. The van der Waals surface area contributed by atoms with Crippen LogP contribution in [0.4, 0.5) is 11.8 Å². The van der Waals surface area contributed by atoms with Crippen LogP contribution >= 0.6 is 0 Å². The molecule has 1 fully saturated rings. The van der Waals surface area contributed by atoms with Gasteiger partial charge in [0.1, 0.15) is 5.75 Å². The van der Waals surface area contributed by atoms with Gasteiger partial charge in [0.2, 0.25) is 5.95 Å². The summed E-state index contributed by atoms with van der Waals surface area (Å²) in [5, 5.41) is 17.1. The average molecular weight is 381 g/mol. The van der Waals surface area contributed by atoms with E-state index in [1.807, 2.05) is 36.7 Å². The quantitative estimate of drug-likeness (QED) is 0.537. The summed E-state index contributed by atoms with van der Waals surface area (Å²) in [6.07, 6.45) is 5.81. The number of aromatic hydroxyl groups is 1. The Bertz CT molecular complexity index is 976. The highest BCUT2D eigenvalue weighted by molar-refractivity contribution is 5.84. The Morgan fingerprint density at radius 1 is 1.21 bits per heavy atom. The molecule has 2 aromatic heterocycles. The van der Waals surface area contributed by atoms with Crippen molar-refractivity contribution in [1.82, 2.24) is 19.5 Å². The molecule has 5 N–H and O–H groups in total. The van der Waals surface area contributed by atoms with Crippen LogP contribution in [0.2, 0.25) is 0 Å². The highest BCUT2D eigenvalue weighted by Crippen LogP contribution is 2.26. The fraction of sp³-hybridized carbons (Fsp3) is 0.450. The average Bonchev–Trinajstić information content (AvgIpc) is 3.06. The highest BCUT2D eigenvalue weighted by Gasteiger charge is 2.20. The number of imidazole rings is 1. The monoisotopic (exact) mass is 381 g/mol. The second-order valence-electron chi connectivity index (χ2n) is 7.62. The molecule has 0 spiro atoms. The Morgan fingerprint density at radius 2 is 2.00 bits per heavy atom. The lowest BCUT2D eigenvalue weighted by Gasteiger charge is -2.26. The first-order valence-electron chi connectivity index (χ1n) is 9.73. The van der Waals surface area contributed by atoms with Gasteiger partial charge < -0.3 is 26.0 Å². The number of nitrogens with one attached hydrogen (secondary N) is 2. The number of nitrogens with two attached hydrogens (primary N) is 1. The van der Waals surface area contributed by atoms with E-state index in [9.17, 15) is 5.11 Å². The number of phenolic OH excluding ortho intramolecular Hbond substituents is 1. The van der Waals surface area contributed by atoms with E-state index in [-0.39, 0.29) is 0 Å². The molecule has 0 radical (unpaired) electrons. The van der Waals surface area contributed by atoms with Crippen LogP contribution in [-0.2, 0) is 13.6 Å². The predicted octanol–water partition coefficient (Wildman–Crippen LogP) is 2.67. The molecule has 148 valence electrons. The van der Waals surface area contributed by atoms with Crippen LogP contribution < -0.4 is 16.4 Å². The molecule has 0 unspecified atom stereocenters. The highest BCUT2D eigenvalue weighted by atomic mass is 16.3. The van der Waals surface area contributed by atoms with E-state index >= 15 is 0 Å². The number of aromatic nitrogens is 4. The van der Waals surface area contributed by atoms with E-state index in [0.717, 1.165) is 42.5 Å². The van der Waals surface area contributed by atoms with Crippen molar-refractivity contribution in [2.24, 2.45) is 12.8 Å². The summed E-state index contributed by atoms with van der Waals surface area (Å²) in [7, 11) is 1.92. The van der Waals surface area contributed by atoms with Crippen molar-refractivity contribution in [3.63, 3.8) is 0 Å². The van der Waals surface area contributed by atoms with Gasteiger partial charge in [-0.05, 0) is 38.2 Å². The third-order valence-corrected chi connectivity index (χ3v) is 5.43. The zero-order valence-corrected chi connectivity index (χ0v) is 16.3. The third kappa shape index (κ3) is 3.73. The van der Waals surface area contributed by atoms with E-state index < -0.39 is 0 Å². The summed E-state index contributed by atoms with van der Waals surface area (Å²) in [6, 6.07) is 6.36. The number of para-hydroxylation sites is 1. The van der Waals surface area contributed by atoms with E-state index in [1.165, 1.54) is 0 Å². The Balaban J connectivity index is 1.58. The zero-order chi connectivity index (χ0) is 19.7. The lowest BCUT2D eigenvalue weighted by atomic mass is 9.92. The minimum atomic E-state index is 0.303. The maximum atomic E-state index is 10.3. The van der Waals surface area contributed by atoms with Crippen LogP contribution in [0, 0.1) is 6.92 Å². The Morgan fingerprint density at radius 3 is 2.79 bits per heavy atom. The van der Waals surface area contributed by atoms with Gasteiger partial charge in [0.25, 0.3) is 0 Å². The maximum Gasteiger partial charge on any atom is 0.227 e. The topological polar surface area (TPSA) is 114 Å². The van der Waals surface area contributed by atoms with Crippen LogP contribution in [0.25, 0.3) is 11.2 Å². The molecule has 4 rings (SSSR count). The van der Waals surface area contributed by atoms with Crippen molar-refractivity contribution in [3.05, 3.63) is 35.7 Å². The number of aryl methyl sites for hydroxylation is 2. The number of fused-ring (bicyclic) bond motifs is 1. The second-order valence-corrected chi connectivity index (χ2v) is 7.62. The molecule has 0 amide bonds. The summed E-state index contributed by atoms with van der Waals surface area (Å²) in [5.41, 5.74) is 9.16. The first-order valence-corrected chi connectivity index (χ1v) is 9.73. The van der Waals surface area contributed by atoms with E-state index in [1.54, 1.807) is 6.33 Å². The van der Waals surface area contributed by atoms with Crippen molar-refractivity contribution in [2.75, 3.05) is 10.6 Å². The fourth-order valence-corrected chi connectivity index (χ4v) is 3.68. The molecule has 1 aromatic carbocycles. The van der Waals surface area contributed by atoms with Gasteiger partial charge in [-0.1, -0.05) is 18.2 Å². The van der Waals surface area contributed by atoms with Crippen LogP contribution in [0.3, 0.4) is 0 Å². The first-order chi connectivity index (χ1) is 13.5. The van der Waals surface area contributed by atoms with Gasteiger partial charge in [0.05, 0.1) is 6.33 Å². The molecule has 0 aliphatic heterocycles. The van der Waals surface area contributed by atoms with Crippen LogP contribution in [-0.4, -0.2) is 36.7 Å². The normalized spacial score (nSPS) is 19.7. The largest absolute Gasteiger partial charge is 0.507 e. The number of nitrogens with zero attached hydrogens (tertiary/aromatic N) is 4. The minimum absolute atomic E-state index is 0.303. The first kappa shape index (κ1) is 18.5. The zero-order valence-electron chi connectivity index (χ0n) is 16.3. The summed E-state index contributed by atoms with van der Waals surface area (Å²) in [6.45, 7) is 2.34. The van der Waals surface area contributed by atoms with Crippen molar-refractivity contribution < 1.29 is 5.11 Å². The van der Waals surface area contributed by atoms with Gasteiger partial charge in [-0.25, -0.2) is 4.98 Å². The molecule has 0 bridgehead atoms. The van der Waals surface area contributed by atoms with E-state index in [0.29, 0.717) is 41.7 Å². The molecule has 1 aliphatic carbocycles. The molecule has 2 heterocycles. The van der Waals surface area contributed by atoms with Gasteiger partial charge in [-0.2, -0.15) is 9.97 Å². The Hall–Kier alpha value is -2.87. The SMILES string of the molecule is Cc1cccc(CNc2nc(NC3CCC(N)CC3)nc3c2ncn3C)c1O. The molecule has 28 heavy (non-hydrogen) atoms. The molecule has 1 aliphatic rings. The Labute approximate surface area is 164 Å². The van der Waals surface area contributed by atoms with Gasteiger partial charge >= 0.3 is 0 Å². The third-order valence-electron chi connectivity index (χ3n) is 5.43. The smallest absolute Gasteiger partial charge is 0.227 e. The predicted molar refractivity (Wildman–Crippen MR) is 110 cm³/mol. The molecule has 8 nitrogen and oxygen atoms in total. The van der Waals surface area contributed by atoms with Gasteiger partial charge in [-0.3, -0.25) is 0 Å². The molecule has 0 atom stereocenters. The summed E-state index contributed by atoms with van der Waals surface area (Å²) >= 11 is 0. The van der Waals surface area contributed by atoms with Crippen LogP contribution in [0.15, 0.2) is 24.5 Å². The lowest BCUT2D eigenvalue weighted by molar-refractivity contribution is 0.410. The maximum absolute atomic E-state index is 10.3. The molecule has 0 saturated heterocycles. The molecule has 3 aromatic rings. The van der Waals surface area contributed by atoms with Crippen molar-refractivity contribution in [1.29, 1.82) is 0 Å².